The summed E-state index contributed by atoms with van der Waals surface area (Å²) in [5.74, 6) is -0.161. The number of amides is 1. The number of carbonyl (C=O) groups excluding carboxylic acids is 1. The molecule has 0 aliphatic carbocycles. The summed E-state index contributed by atoms with van der Waals surface area (Å²) in [6.07, 6.45) is 0.772. The van der Waals surface area contributed by atoms with Crippen LogP contribution in [0.3, 0.4) is 0 Å². The van der Waals surface area contributed by atoms with Gasteiger partial charge in [0.2, 0.25) is 0 Å². The predicted octanol–water partition coefficient (Wildman–Crippen LogP) is 0.641. The second kappa shape index (κ2) is 4.76. The van der Waals surface area contributed by atoms with Crippen LogP contribution in [-0.2, 0) is 0 Å². The smallest absolute Gasteiger partial charge is 0.272 e. The monoisotopic (exact) mass is 218 g/mol. The number of para-hydroxylation sites is 1. The first kappa shape index (κ1) is 10.6. The molecule has 2 aromatic rings. The van der Waals surface area contributed by atoms with E-state index in [1.54, 1.807) is 0 Å². The molecule has 1 heterocycles. The van der Waals surface area contributed by atoms with Crippen molar-refractivity contribution >= 4 is 16.8 Å². The number of H-pyrrole nitrogens is 1. The first-order valence-electron chi connectivity index (χ1n) is 5.24. The van der Waals surface area contributed by atoms with E-state index in [4.69, 9.17) is 5.73 Å². The van der Waals surface area contributed by atoms with Crippen LogP contribution < -0.4 is 11.1 Å². The van der Waals surface area contributed by atoms with Crippen molar-refractivity contribution in [2.45, 2.75) is 6.42 Å². The number of carbonyl (C=O) groups is 1. The van der Waals surface area contributed by atoms with Crippen molar-refractivity contribution in [1.29, 1.82) is 0 Å². The minimum Gasteiger partial charge on any atom is -0.351 e. The lowest BCUT2D eigenvalue weighted by Gasteiger charge is -2.01. The van der Waals surface area contributed by atoms with Gasteiger partial charge in [-0.05, 0) is 19.0 Å². The molecule has 0 saturated carbocycles. The van der Waals surface area contributed by atoms with Crippen molar-refractivity contribution in [1.82, 2.24) is 15.5 Å². The van der Waals surface area contributed by atoms with Crippen molar-refractivity contribution in [3.8, 4) is 0 Å². The Morgan fingerprint density at radius 1 is 1.44 bits per heavy atom. The Morgan fingerprint density at radius 3 is 3.06 bits per heavy atom. The highest BCUT2D eigenvalue weighted by Gasteiger charge is 2.12. The van der Waals surface area contributed by atoms with Gasteiger partial charge in [-0.1, -0.05) is 18.2 Å². The Hall–Kier alpha value is -1.88. The third kappa shape index (κ3) is 2.04. The molecule has 0 aliphatic heterocycles. The van der Waals surface area contributed by atoms with Gasteiger partial charge in [0.15, 0.2) is 5.69 Å². The summed E-state index contributed by atoms with van der Waals surface area (Å²) < 4.78 is 0. The predicted molar refractivity (Wildman–Crippen MR) is 62.1 cm³/mol. The lowest BCUT2D eigenvalue weighted by Crippen LogP contribution is -2.26. The summed E-state index contributed by atoms with van der Waals surface area (Å²) in [7, 11) is 0. The molecule has 0 atom stereocenters. The molecular weight excluding hydrogens is 204 g/mol. The maximum atomic E-state index is 11.8. The molecular formula is C11H14N4O. The Balaban J connectivity index is 2.17. The minimum absolute atomic E-state index is 0.161. The molecule has 0 unspecified atom stereocenters. The zero-order valence-electron chi connectivity index (χ0n) is 8.86. The van der Waals surface area contributed by atoms with Crippen LogP contribution in [0, 0.1) is 0 Å². The number of rotatable bonds is 4. The summed E-state index contributed by atoms with van der Waals surface area (Å²) in [5.41, 5.74) is 6.66. The first-order valence-corrected chi connectivity index (χ1v) is 5.24. The van der Waals surface area contributed by atoms with E-state index in [2.05, 4.69) is 15.5 Å². The third-order valence-electron chi connectivity index (χ3n) is 2.35. The zero-order chi connectivity index (χ0) is 11.4. The van der Waals surface area contributed by atoms with Gasteiger partial charge in [0.1, 0.15) is 0 Å². The van der Waals surface area contributed by atoms with Crippen LogP contribution in [0.5, 0.6) is 0 Å². The fourth-order valence-electron chi connectivity index (χ4n) is 1.52. The SMILES string of the molecule is NCCCNC(=O)c1n[nH]c2ccccc12. The van der Waals surface area contributed by atoms with E-state index in [9.17, 15) is 4.79 Å². The van der Waals surface area contributed by atoms with E-state index in [1.807, 2.05) is 24.3 Å². The van der Waals surface area contributed by atoms with Gasteiger partial charge in [-0.2, -0.15) is 5.10 Å². The number of aromatic amines is 1. The topological polar surface area (TPSA) is 83.8 Å². The number of fused-ring (bicyclic) bond motifs is 1. The average molecular weight is 218 g/mol. The highest BCUT2D eigenvalue weighted by atomic mass is 16.1. The number of nitrogens with two attached hydrogens (primary N) is 1. The molecule has 1 aromatic carbocycles. The van der Waals surface area contributed by atoms with Gasteiger partial charge in [0.25, 0.3) is 5.91 Å². The lowest BCUT2D eigenvalue weighted by molar-refractivity contribution is 0.0950. The van der Waals surface area contributed by atoms with Crippen LogP contribution in [-0.4, -0.2) is 29.2 Å². The summed E-state index contributed by atoms with van der Waals surface area (Å²) in [5, 5.41) is 10.4. The molecule has 2 rings (SSSR count). The van der Waals surface area contributed by atoms with Crippen LogP contribution >= 0.6 is 0 Å². The molecule has 1 aromatic heterocycles. The summed E-state index contributed by atoms with van der Waals surface area (Å²) in [6.45, 7) is 1.15. The molecule has 0 aliphatic rings. The first-order chi connectivity index (χ1) is 7.83. The highest BCUT2D eigenvalue weighted by Crippen LogP contribution is 2.14. The molecule has 0 spiro atoms. The molecule has 5 nitrogen and oxygen atoms in total. The van der Waals surface area contributed by atoms with Crippen LogP contribution in [0.15, 0.2) is 24.3 Å². The minimum atomic E-state index is -0.161. The standard InChI is InChI=1S/C11H14N4O/c12-6-3-7-13-11(16)10-8-4-1-2-5-9(8)14-15-10/h1-2,4-5H,3,6-7,12H2,(H,13,16)(H,14,15). The van der Waals surface area contributed by atoms with Gasteiger partial charge >= 0.3 is 0 Å². The van der Waals surface area contributed by atoms with Crippen molar-refractivity contribution < 1.29 is 4.79 Å². The van der Waals surface area contributed by atoms with E-state index in [0.29, 0.717) is 18.8 Å². The third-order valence-corrected chi connectivity index (χ3v) is 2.35. The van der Waals surface area contributed by atoms with Gasteiger partial charge in [-0.25, -0.2) is 0 Å². The molecule has 5 heteroatoms. The second-order valence-corrected chi connectivity index (χ2v) is 3.52. The van der Waals surface area contributed by atoms with E-state index in [1.165, 1.54) is 0 Å². The largest absolute Gasteiger partial charge is 0.351 e. The van der Waals surface area contributed by atoms with Crippen molar-refractivity contribution in [3.63, 3.8) is 0 Å². The maximum Gasteiger partial charge on any atom is 0.272 e. The number of nitrogens with zero attached hydrogens (tertiary/aromatic N) is 1. The van der Waals surface area contributed by atoms with Crippen molar-refractivity contribution in [3.05, 3.63) is 30.0 Å². The molecule has 4 N–H and O–H groups in total. The molecule has 1 amide bonds. The van der Waals surface area contributed by atoms with Crippen LogP contribution in [0.4, 0.5) is 0 Å². The molecule has 0 saturated heterocycles. The van der Waals surface area contributed by atoms with Crippen molar-refractivity contribution in [2.75, 3.05) is 13.1 Å². The number of hydrogen-bond acceptors (Lipinski definition) is 3. The van der Waals surface area contributed by atoms with Gasteiger partial charge < -0.3 is 11.1 Å². The van der Waals surface area contributed by atoms with Gasteiger partial charge in [-0.3, -0.25) is 9.89 Å². The Labute approximate surface area is 93.0 Å². The van der Waals surface area contributed by atoms with E-state index < -0.39 is 0 Å². The van der Waals surface area contributed by atoms with Crippen LogP contribution in [0.2, 0.25) is 0 Å². The molecule has 0 bridgehead atoms. The molecule has 0 radical (unpaired) electrons. The number of nitrogens with one attached hydrogen (secondary N) is 2. The summed E-state index contributed by atoms with van der Waals surface area (Å²) >= 11 is 0. The number of hydrogen-bond donors (Lipinski definition) is 3. The summed E-state index contributed by atoms with van der Waals surface area (Å²) in [6, 6.07) is 7.54. The van der Waals surface area contributed by atoms with Crippen LogP contribution in [0.1, 0.15) is 16.9 Å². The normalized spacial score (nSPS) is 10.6. The average Bonchev–Trinajstić information content (AvgIpc) is 2.73. The maximum absolute atomic E-state index is 11.8. The van der Waals surface area contributed by atoms with Crippen LogP contribution in [0.25, 0.3) is 10.9 Å². The molecule has 84 valence electrons. The van der Waals surface area contributed by atoms with Crippen molar-refractivity contribution in [2.24, 2.45) is 5.73 Å². The number of benzene rings is 1. The Kier molecular flexibility index (Phi) is 3.16. The fraction of sp³-hybridized carbons (Fsp3) is 0.273. The van der Waals surface area contributed by atoms with Gasteiger partial charge in [0.05, 0.1) is 5.52 Å². The molecule has 0 fully saturated rings. The van der Waals surface area contributed by atoms with Gasteiger partial charge in [0, 0.05) is 11.9 Å². The quantitative estimate of drug-likeness (QED) is 0.658. The van der Waals surface area contributed by atoms with Gasteiger partial charge in [-0.15, -0.1) is 0 Å². The lowest BCUT2D eigenvalue weighted by atomic mass is 10.2. The van der Waals surface area contributed by atoms with E-state index in [-0.39, 0.29) is 5.91 Å². The Morgan fingerprint density at radius 2 is 2.25 bits per heavy atom. The summed E-state index contributed by atoms with van der Waals surface area (Å²) in [4.78, 5) is 11.8. The second-order valence-electron chi connectivity index (χ2n) is 3.52. The number of aromatic nitrogens is 2. The Bertz CT molecular complexity index is 491. The highest BCUT2D eigenvalue weighted by molar-refractivity contribution is 6.04. The van der Waals surface area contributed by atoms with E-state index >= 15 is 0 Å². The zero-order valence-corrected chi connectivity index (χ0v) is 8.86. The molecule has 16 heavy (non-hydrogen) atoms. The fourth-order valence-corrected chi connectivity index (χ4v) is 1.52. The van der Waals surface area contributed by atoms with E-state index in [0.717, 1.165) is 17.3 Å².